The molecule has 0 unspecified atom stereocenters. The van der Waals surface area contributed by atoms with E-state index in [0.29, 0.717) is 21.5 Å². The van der Waals surface area contributed by atoms with Crippen molar-refractivity contribution in [2.75, 3.05) is 12.4 Å². The van der Waals surface area contributed by atoms with Crippen molar-refractivity contribution in [2.24, 2.45) is 0 Å². The molecule has 0 fully saturated rings. The number of hydrogen-bond acceptors (Lipinski definition) is 4. The number of aliphatic carboxylic acids is 1. The average Bonchev–Trinajstić information content (AvgIpc) is 2.75. The largest absolute Gasteiger partial charge is 0.573 e. The standard InChI is InChI=1S/C24H18BrF3O4S/c25-21-14-19(9-10-22(21)31-15-23(29)30)33-12-11-20(16-5-2-1-3-6-16)17-7-4-8-18(13-17)32-24(26,27)28/h1-11,13-14H,12,15H2,(H,29,30)/b20-11-. The van der Waals surface area contributed by atoms with Gasteiger partial charge in [0.05, 0.1) is 4.47 Å². The maximum Gasteiger partial charge on any atom is 0.573 e. The molecule has 3 aromatic carbocycles. The van der Waals surface area contributed by atoms with Crippen LogP contribution in [0.25, 0.3) is 5.57 Å². The zero-order valence-corrected chi connectivity index (χ0v) is 19.4. The van der Waals surface area contributed by atoms with Crippen molar-refractivity contribution >= 4 is 39.2 Å². The molecule has 0 amide bonds. The third-order valence-electron chi connectivity index (χ3n) is 4.26. The Morgan fingerprint density at radius 3 is 2.39 bits per heavy atom. The molecule has 3 rings (SSSR count). The summed E-state index contributed by atoms with van der Waals surface area (Å²) in [6, 6.07) is 20.5. The van der Waals surface area contributed by atoms with Crippen LogP contribution >= 0.6 is 27.7 Å². The smallest absolute Gasteiger partial charge is 0.481 e. The Morgan fingerprint density at radius 2 is 1.73 bits per heavy atom. The van der Waals surface area contributed by atoms with Gasteiger partial charge in [-0.05, 0) is 63.0 Å². The number of thioether (sulfide) groups is 1. The van der Waals surface area contributed by atoms with Crippen LogP contribution in [0.15, 0.2) is 88.2 Å². The molecular formula is C24H18BrF3O4S. The van der Waals surface area contributed by atoms with Gasteiger partial charge >= 0.3 is 12.3 Å². The summed E-state index contributed by atoms with van der Waals surface area (Å²) in [6.45, 7) is -0.439. The maximum atomic E-state index is 12.7. The van der Waals surface area contributed by atoms with E-state index in [2.05, 4.69) is 20.7 Å². The number of carboxylic acid groups (broad SMARTS) is 1. The third kappa shape index (κ3) is 7.87. The van der Waals surface area contributed by atoms with E-state index in [9.17, 15) is 18.0 Å². The van der Waals surface area contributed by atoms with Crippen molar-refractivity contribution < 1.29 is 32.5 Å². The quantitative estimate of drug-likeness (QED) is 0.296. The van der Waals surface area contributed by atoms with E-state index in [1.807, 2.05) is 42.5 Å². The van der Waals surface area contributed by atoms with Crippen LogP contribution in [0.5, 0.6) is 11.5 Å². The number of rotatable bonds is 9. The summed E-state index contributed by atoms with van der Waals surface area (Å²) in [4.78, 5) is 11.6. The van der Waals surface area contributed by atoms with Crippen molar-refractivity contribution in [3.63, 3.8) is 0 Å². The van der Waals surface area contributed by atoms with Crippen molar-refractivity contribution in [3.05, 3.63) is 94.5 Å². The fraction of sp³-hybridized carbons (Fsp3) is 0.125. The van der Waals surface area contributed by atoms with Gasteiger partial charge in [-0.25, -0.2) is 4.79 Å². The summed E-state index contributed by atoms with van der Waals surface area (Å²) in [5.41, 5.74) is 2.24. The normalized spacial score (nSPS) is 11.8. The summed E-state index contributed by atoms with van der Waals surface area (Å²) in [7, 11) is 0. The monoisotopic (exact) mass is 538 g/mol. The number of ether oxygens (including phenoxy) is 2. The number of hydrogen-bond donors (Lipinski definition) is 1. The minimum absolute atomic E-state index is 0.282. The first-order valence-corrected chi connectivity index (χ1v) is 11.4. The predicted octanol–water partition coefficient (Wildman–Crippen LogP) is 7.04. The summed E-state index contributed by atoms with van der Waals surface area (Å²) in [5.74, 6) is -0.390. The van der Waals surface area contributed by atoms with Crippen LogP contribution in [0.2, 0.25) is 0 Å². The first-order valence-electron chi connectivity index (χ1n) is 9.60. The van der Waals surface area contributed by atoms with Gasteiger partial charge in [-0.1, -0.05) is 48.5 Å². The Bertz CT molecular complexity index is 1130. The number of carboxylic acids is 1. The first kappa shape index (κ1) is 24.7. The van der Waals surface area contributed by atoms with E-state index in [-0.39, 0.29) is 5.75 Å². The lowest BCUT2D eigenvalue weighted by Gasteiger charge is -2.13. The fourth-order valence-corrected chi connectivity index (χ4v) is 4.38. The number of alkyl halides is 3. The highest BCUT2D eigenvalue weighted by Gasteiger charge is 2.31. The minimum atomic E-state index is -4.77. The highest BCUT2D eigenvalue weighted by Crippen LogP contribution is 2.33. The van der Waals surface area contributed by atoms with E-state index in [4.69, 9.17) is 9.84 Å². The van der Waals surface area contributed by atoms with Gasteiger partial charge in [0.1, 0.15) is 11.5 Å². The molecule has 0 saturated heterocycles. The molecule has 0 aliphatic heterocycles. The van der Waals surface area contributed by atoms with Crippen LogP contribution in [-0.4, -0.2) is 29.8 Å². The molecule has 1 N–H and O–H groups in total. The molecule has 0 heterocycles. The van der Waals surface area contributed by atoms with Gasteiger partial charge in [0.25, 0.3) is 0 Å². The summed E-state index contributed by atoms with van der Waals surface area (Å²) >= 11 is 4.88. The molecular weight excluding hydrogens is 521 g/mol. The Balaban J connectivity index is 1.80. The first-order chi connectivity index (χ1) is 15.7. The van der Waals surface area contributed by atoms with Gasteiger partial charge in [0.15, 0.2) is 6.61 Å². The second-order valence-corrected chi connectivity index (χ2v) is 8.59. The van der Waals surface area contributed by atoms with Gasteiger partial charge in [-0.3, -0.25) is 0 Å². The number of benzene rings is 3. The lowest BCUT2D eigenvalue weighted by molar-refractivity contribution is -0.274. The molecule has 0 spiro atoms. The summed E-state index contributed by atoms with van der Waals surface area (Å²) in [5, 5.41) is 8.73. The average molecular weight is 539 g/mol. The van der Waals surface area contributed by atoms with Crippen LogP contribution in [0, 0.1) is 0 Å². The zero-order valence-electron chi connectivity index (χ0n) is 17.0. The van der Waals surface area contributed by atoms with Gasteiger partial charge in [0, 0.05) is 10.6 Å². The van der Waals surface area contributed by atoms with Crippen LogP contribution in [0.1, 0.15) is 11.1 Å². The third-order valence-corrected chi connectivity index (χ3v) is 5.80. The summed E-state index contributed by atoms with van der Waals surface area (Å²) < 4.78 is 47.9. The number of halogens is 4. The SMILES string of the molecule is O=C(O)COc1ccc(SC/C=C(/c2ccccc2)c2cccc(OC(F)(F)F)c2)cc1Br. The second kappa shape index (κ2) is 11.3. The molecule has 0 aliphatic carbocycles. The van der Waals surface area contributed by atoms with Crippen LogP contribution in [-0.2, 0) is 4.79 Å². The Hall–Kier alpha value is -2.91. The van der Waals surface area contributed by atoms with Crippen molar-refractivity contribution in [2.45, 2.75) is 11.3 Å². The number of carbonyl (C=O) groups is 1. The topological polar surface area (TPSA) is 55.8 Å². The van der Waals surface area contributed by atoms with E-state index in [1.54, 1.807) is 18.2 Å². The lowest BCUT2D eigenvalue weighted by Crippen LogP contribution is -2.17. The van der Waals surface area contributed by atoms with Gasteiger partial charge in [-0.2, -0.15) is 0 Å². The van der Waals surface area contributed by atoms with Gasteiger partial charge < -0.3 is 14.6 Å². The highest BCUT2D eigenvalue weighted by molar-refractivity contribution is 9.10. The summed E-state index contributed by atoms with van der Waals surface area (Å²) in [6.07, 6.45) is -2.83. The van der Waals surface area contributed by atoms with Crippen LogP contribution < -0.4 is 9.47 Å². The Kier molecular flexibility index (Phi) is 8.46. The van der Waals surface area contributed by atoms with Crippen LogP contribution in [0.3, 0.4) is 0 Å². The molecule has 0 atom stereocenters. The Morgan fingerprint density at radius 1 is 1.00 bits per heavy atom. The van der Waals surface area contributed by atoms with E-state index < -0.39 is 18.9 Å². The second-order valence-electron chi connectivity index (χ2n) is 6.65. The Labute approximate surface area is 201 Å². The fourth-order valence-electron chi connectivity index (χ4n) is 2.93. The molecule has 0 bridgehead atoms. The molecule has 3 aromatic rings. The molecule has 33 heavy (non-hydrogen) atoms. The van der Waals surface area contributed by atoms with Crippen molar-refractivity contribution in [1.29, 1.82) is 0 Å². The minimum Gasteiger partial charge on any atom is -0.481 e. The molecule has 0 saturated carbocycles. The lowest BCUT2D eigenvalue weighted by atomic mass is 9.98. The predicted molar refractivity (Wildman–Crippen MR) is 125 cm³/mol. The molecule has 0 aromatic heterocycles. The van der Waals surface area contributed by atoms with Crippen LogP contribution in [0.4, 0.5) is 13.2 Å². The van der Waals surface area contributed by atoms with Crippen molar-refractivity contribution in [3.8, 4) is 11.5 Å². The molecule has 0 radical (unpaired) electrons. The van der Waals surface area contributed by atoms with E-state index in [1.165, 1.54) is 30.0 Å². The highest BCUT2D eigenvalue weighted by atomic mass is 79.9. The zero-order chi connectivity index (χ0) is 23.8. The maximum absolute atomic E-state index is 12.7. The van der Waals surface area contributed by atoms with Gasteiger partial charge in [-0.15, -0.1) is 24.9 Å². The molecule has 9 heteroatoms. The van der Waals surface area contributed by atoms with Gasteiger partial charge in [0.2, 0.25) is 0 Å². The molecule has 4 nitrogen and oxygen atoms in total. The molecule has 172 valence electrons. The van der Waals surface area contributed by atoms with E-state index >= 15 is 0 Å². The molecule has 0 aliphatic rings. The van der Waals surface area contributed by atoms with Crippen molar-refractivity contribution in [1.82, 2.24) is 0 Å². The van der Waals surface area contributed by atoms with E-state index in [0.717, 1.165) is 16.0 Å².